The van der Waals surface area contributed by atoms with Crippen LogP contribution in [0.15, 0.2) is 53.9 Å². The van der Waals surface area contributed by atoms with Crippen LogP contribution in [0.3, 0.4) is 0 Å². The summed E-state index contributed by atoms with van der Waals surface area (Å²) in [4.78, 5) is 4.57. The average Bonchev–Trinajstić information content (AvgIpc) is 2.90. The molecule has 2 N–H and O–H groups in total. The van der Waals surface area contributed by atoms with E-state index >= 15 is 0 Å². The first-order chi connectivity index (χ1) is 9.22. The fraction of sp³-hybridized carbons (Fsp3) is 0. The molecule has 0 saturated heterocycles. The number of hydrogen-bond donors (Lipinski definition) is 2. The number of thiazole rings is 1. The Kier molecular flexibility index (Phi) is 2.93. The highest BCUT2D eigenvalue weighted by atomic mass is 32.1. The molecule has 0 atom stereocenters. The molecule has 2 aromatic carbocycles. The topological polar surface area (TPSA) is 53.4 Å². The second kappa shape index (κ2) is 4.74. The first-order valence-corrected chi connectivity index (χ1v) is 6.65. The van der Waals surface area contributed by atoms with Crippen LogP contribution in [0.5, 0.6) is 11.5 Å². The zero-order valence-corrected chi connectivity index (χ0v) is 10.8. The molecule has 0 aliphatic carbocycles. The molecule has 0 fully saturated rings. The lowest BCUT2D eigenvalue weighted by Gasteiger charge is -1.98. The Morgan fingerprint density at radius 2 is 1.26 bits per heavy atom. The number of phenols is 2. The Labute approximate surface area is 114 Å². The highest BCUT2D eigenvalue weighted by Crippen LogP contribution is 2.30. The summed E-state index contributed by atoms with van der Waals surface area (Å²) in [7, 11) is 0. The van der Waals surface area contributed by atoms with Gasteiger partial charge >= 0.3 is 0 Å². The third-order valence-corrected chi connectivity index (χ3v) is 3.67. The van der Waals surface area contributed by atoms with E-state index in [9.17, 15) is 10.2 Å². The Balaban J connectivity index is 1.95. The summed E-state index contributed by atoms with van der Waals surface area (Å²) in [6, 6.07) is 14.0. The maximum atomic E-state index is 9.27. The molecule has 3 rings (SSSR count). The van der Waals surface area contributed by atoms with Crippen molar-refractivity contribution in [2.24, 2.45) is 0 Å². The lowest BCUT2D eigenvalue weighted by atomic mass is 10.1. The van der Waals surface area contributed by atoms with E-state index in [1.54, 1.807) is 35.6 Å². The van der Waals surface area contributed by atoms with Crippen molar-refractivity contribution in [2.45, 2.75) is 0 Å². The lowest BCUT2D eigenvalue weighted by molar-refractivity contribution is 0.475. The minimum absolute atomic E-state index is 0.248. The van der Waals surface area contributed by atoms with Crippen LogP contribution >= 0.6 is 11.3 Å². The number of aromatic nitrogens is 1. The van der Waals surface area contributed by atoms with Gasteiger partial charge in [0.05, 0.1) is 5.69 Å². The second-order valence-electron chi connectivity index (χ2n) is 4.13. The van der Waals surface area contributed by atoms with Crippen LogP contribution < -0.4 is 0 Å². The van der Waals surface area contributed by atoms with Gasteiger partial charge < -0.3 is 10.2 Å². The Morgan fingerprint density at radius 3 is 1.84 bits per heavy atom. The van der Waals surface area contributed by atoms with E-state index in [1.807, 2.05) is 29.6 Å². The standard InChI is InChI=1S/C15H11NO2S/c17-12-5-1-10(2-6-12)14-9-19-15(16-14)11-3-7-13(18)8-4-11/h1-9,17-18H. The van der Waals surface area contributed by atoms with Gasteiger partial charge in [-0.3, -0.25) is 0 Å². The molecule has 94 valence electrons. The predicted molar refractivity (Wildman–Crippen MR) is 76.3 cm³/mol. The van der Waals surface area contributed by atoms with Crippen molar-refractivity contribution >= 4 is 11.3 Å². The van der Waals surface area contributed by atoms with Gasteiger partial charge in [-0.05, 0) is 48.5 Å². The smallest absolute Gasteiger partial charge is 0.124 e. The van der Waals surface area contributed by atoms with Gasteiger partial charge in [0, 0.05) is 16.5 Å². The third-order valence-electron chi connectivity index (χ3n) is 2.78. The molecular weight excluding hydrogens is 258 g/mol. The molecule has 1 aromatic heterocycles. The normalized spacial score (nSPS) is 10.5. The molecule has 3 aromatic rings. The van der Waals surface area contributed by atoms with Crippen molar-refractivity contribution < 1.29 is 10.2 Å². The van der Waals surface area contributed by atoms with Crippen LogP contribution in [0.2, 0.25) is 0 Å². The van der Waals surface area contributed by atoms with Crippen molar-refractivity contribution in [3.05, 3.63) is 53.9 Å². The molecule has 0 bridgehead atoms. The van der Waals surface area contributed by atoms with Crippen LogP contribution in [-0.2, 0) is 0 Å². The molecule has 0 aliphatic rings. The van der Waals surface area contributed by atoms with E-state index in [0.29, 0.717) is 0 Å². The van der Waals surface area contributed by atoms with E-state index in [4.69, 9.17) is 0 Å². The van der Waals surface area contributed by atoms with E-state index in [-0.39, 0.29) is 11.5 Å². The van der Waals surface area contributed by atoms with E-state index < -0.39 is 0 Å². The van der Waals surface area contributed by atoms with Gasteiger partial charge in [-0.25, -0.2) is 4.98 Å². The van der Waals surface area contributed by atoms with Gasteiger partial charge in [0.15, 0.2) is 0 Å². The molecule has 1 heterocycles. The van der Waals surface area contributed by atoms with Crippen molar-refractivity contribution in [3.8, 4) is 33.3 Å². The van der Waals surface area contributed by atoms with Crippen molar-refractivity contribution in [1.82, 2.24) is 4.98 Å². The van der Waals surface area contributed by atoms with E-state index in [0.717, 1.165) is 21.8 Å². The van der Waals surface area contributed by atoms with Crippen LogP contribution in [0.1, 0.15) is 0 Å². The van der Waals surface area contributed by atoms with Gasteiger partial charge in [0.1, 0.15) is 16.5 Å². The number of rotatable bonds is 2. The molecule has 0 radical (unpaired) electrons. The van der Waals surface area contributed by atoms with Crippen LogP contribution in [-0.4, -0.2) is 15.2 Å². The average molecular weight is 269 g/mol. The second-order valence-corrected chi connectivity index (χ2v) is 4.99. The number of benzene rings is 2. The third kappa shape index (κ3) is 2.44. The predicted octanol–water partition coefficient (Wildman–Crippen LogP) is 3.89. The van der Waals surface area contributed by atoms with Crippen molar-refractivity contribution in [2.75, 3.05) is 0 Å². The van der Waals surface area contributed by atoms with Gasteiger partial charge in [-0.15, -0.1) is 11.3 Å². The van der Waals surface area contributed by atoms with E-state index in [1.165, 1.54) is 0 Å². The summed E-state index contributed by atoms with van der Waals surface area (Å²) in [5.74, 6) is 0.497. The SMILES string of the molecule is Oc1ccc(-c2csc(-c3ccc(O)cc3)n2)cc1. The number of phenolic OH excluding ortho intramolecular Hbond substituents is 2. The fourth-order valence-electron chi connectivity index (χ4n) is 1.78. The minimum atomic E-state index is 0.248. The number of hydrogen-bond acceptors (Lipinski definition) is 4. The first kappa shape index (κ1) is 11.7. The monoisotopic (exact) mass is 269 g/mol. The Bertz CT molecular complexity index is 627. The van der Waals surface area contributed by atoms with Gasteiger partial charge in [0.2, 0.25) is 0 Å². The molecule has 19 heavy (non-hydrogen) atoms. The van der Waals surface area contributed by atoms with Gasteiger partial charge in [-0.1, -0.05) is 0 Å². The highest BCUT2D eigenvalue weighted by Gasteiger charge is 2.06. The minimum Gasteiger partial charge on any atom is -0.508 e. The maximum Gasteiger partial charge on any atom is 0.124 e. The summed E-state index contributed by atoms with van der Waals surface area (Å²) in [5, 5.41) is 21.4. The quantitative estimate of drug-likeness (QED) is 0.742. The summed E-state index contributed by atoms with van der Waals surface area (Å²) in [5.41, 5.74) is 2.83. The van der Waals surface area contributed by atoms with Crippen molar-refractivity contribution in [1.29, 1.82) is 0 Å². The molecule has 3 nitrogen and oxygen atoms in total. The zero-order valence-electron chi connectivity index (χ0n) is 9.95. The van der Waals surface area contributed by atoms with Crippen LogP contribution in [0.25, 0.3) is 21.8 Å². The maximum absolute atomic E-state index is 9.27. The molecule has 0 saturated carbocycles. The molecule has 0 amide bonds. The van der Waals surface area contributed by atoms with Gasteiger partial charge in [0.25, 0.3) is 0 Å². The van der Waals surface area contributed by atoms with Crippen LogP contribution in [0.4, 0.5) is 0 Å². The van der Waals surface area contributed by atoms with E-state index in [2.05, 4.69) is 4.98 Å². The molecular formula is C15H11NO2S. The molecule has 4 heteroatoms. The summed E-state index contributed by atoms with van der Waals surface area (Å²) < 4.78 is 0. The molecule has 0 aliphatic heterocycles. The molecule has 0 spiro atoms. The molecule has 0 unspecified atom stereocenters. The lowest BCUT2D eigenvalue weighted by Crippen LogP contribution is -1.79. The largest absolute Gasteiger partial charge is 0.508 e. The summed E-state index contributed by atoms with van der Waals surface area (Å²) >= 11 is 1.55. The highest BCUT2D eigenvalue weighted by molar-refractivity contribution is 7.13. The Hall–Kier alpha value is -2.33. The summed E-state index contributed by atoms with van der Waals surface area (Å²) in [6.07, 6.45) is 0. The van der Waals surface area contributed by atoms with Crippen molar-refractivity contribution in [3.63, 3.8) is 0 Å². The zero-order chi connectivity index (χ0) is 13.2. The summed E-state index contributed by atoms with van der Waals surface area (Å²) in [6.45, 7) is 0. The first-order valence-electron chi connectivity index (χ1n) is 5.77. The van der Waals surface area contributed by atoms with Crippen LogP contribution in [0, 0.1) is 0 Å². The fourth-order valence-corrected chi connectivity index (χ4v) is 2.61. The number of nitrogens with zero attached hydrogens (tertiary/aromatic N) is 1. The number of aromatic hydroxyl groups is 2. The van der Waals surface area contributed by atoms with Gasteiger partial charge in [-0.2, -0.15) is 0 Å². The Morgan fingerprint density at radius 1 is 0.737 bits per heavy atom.